The van der Waals surface area contributed by atoms with E-state index in [2.05, 4.69) is 44.4 Å². The van der Waals surface area contributed by atoms with Crippen LogP contribution >= 0.6 is 11.6 Å². The summed E-state index contributed by atoms with van der Waals surface area (Å²) in [4.78, 5) is 33.6. The Labute approximate surface area is 227 Å². The summed E-state index contributed by atoms with van der Waals surface area (Å²) in [5, 5.41) is 4.06. The van der Waals surface area contributed by atoms with Gasteiger partial charge in [0.1, 0.15) is 11.3 Å². The number of pyridine rings is 1. The van der Waals surface area contributed by atoms with Gasteiger partial charge in [0.2, 0.25) is 5.43 Å². The Hall–Kier alpha value is -3.81. The minimum atomic E-state index is -0.405. The van der Waals surface area contributed by atoms with Crippen molar-refractivity contribution in [2.75, 3.05) is 37.7 Å². The SMILES string of the molecule is CCOc1ccc2[nH]cc(C(=O)NCc3ccc(CN4CCN(c5ccc(Cl)cc5)CC4)cc3)c(=O)c2c1. The van der Waals surface area contributed by atoms with E-state index in [1.165, 1.54) is 17.4 Å². The van der Waals surface area contributed by atoms with Crippen molar-refractivity contribution in [1.82, 2.24) is 15.2 Å². The van der Waals surface area contributed by atoms with E-state index in [0.717, 1.165) is 43.3 Å². The minimum Gasteiger partial charge on any atom is -0.494 e. The van der Waals surface area contributed by atoms with Gasteiger partial charge in [-0.05, 0) is 60.5 Å². The second-order valence-corrected chi connectivity index (χ2v) is 9.85. The van der Waals surface area contributed by atoms with Gasteiger partial charge in [-0.15, -0.1) is 0 Å². The number of H-pyrrole nitrogens is 1. The van der Waals surface area contributed by atoms with Gasteiger partial charge < -0.3 is 19.9 Å². The van der Waals surface area contributed by atoms with Gasteiger partial charge in [-0.2, -0.15) is 0 Å². The second kappa shape index (κ2) is 11.7. The number of ether oxygens (including phenoxy) is 1. The molecule has 3 aromatic carbocycles. The van der Waals surface area contributed by atoms with Crippen molar-refractivity contribution in [3.8, 4) is 5.75 Å². The lowest BCUT2D eigenvalue weighted by Gasteiger charge is -2.36. The summed E-state index contributed by atoms with van der Waals surface area (Å²) in [5.74, 6) is 0.198. The first-order valence-electron chi connectivity index (χ1n) is 12.9. The minimum absolute atomic E-state index is 0.0838. The molecule has 0 bridgehead atoms. The van der Waals surface area contributed by atoms with E-state index >= 15 is 0 Å². The van der Waals surface area contributed by atoms with Crippen LogP contribution in [0.15, 0.2) is 77.7 Å². The third kappa shape index (κ3) is 6.01. The van der Waals surface area contributed by atoms with Crippen molar-refractivity contribution in [2.45, 2.75) is 20.0 Å². The molecule has 1 fully saturated rings. The molecule has 4 aromatic rings. The Bertz CT molecular complexity index is 1460. The van der Waals surface area contributed by atoms with E-state index in [1.54, 1.807) is 18.2 Å². The van der Waals surface area contributed by atoms with Crippen molar-refractivity contribution < 1.29 is 9.53 Å². The maximum Gasteiger partial charge on any atom is 0.257 e. The number of halogens is 1. The third-order valence-electron chi connectivity index (χ3n) is 6.85. The number of aromatic amines is 1. The summed E-state index contributed by atoms with van der Waals surface area (Å²) in [6, 6.07) is 21.5. The smallest absolute Gasteiger partial charge is 0.257 e. The van der Waals surface area contributed by atoms with Crippen molar-refractivity contribution in [2.24, 2.45) is 0 Å². The van der Waals surface area contributed by atoms with Gasteiger partial charge in [0, 0.05) is 67.1 Å². The van der Waals surface area contributed by atoms with Crippen molar-refractivity contribution in [1.29, 1.82) is 0 Å². The summed E-state index contributed by atoms with van der Waals surface area (Å²) >= 11 is 6.01. The molecule has 5 rings (SSSR count). The van der Waals surface area contributed by atoms with Crippen LogP contribution in [0.4, 0.5) is 5.69 Å². The van der Waals surface area contributed by atoms with Crippen molar-refractivity contribution in [3.63, 3.8) is 0 Å². The van der Waals surface area contributed by atoms with Crippen LogP contribution in [0.1, 0.15) is 28.4 Å². The predicted molar refractivity (Wildman–Crippen MR) is 152 cm³/mol. The molecule has 1 saturated heterocycles. The molecular weight excluding hydrogens is 500 g/mol. The highest BCUT2D eigenvalue weighted by molar-refractivity contribution is 6.30. The first-order chi connectivity index (χ1) is 18.5. The molecule has 0 atom stereocenters. The molecule has 196 valence electrons. The fraction of sp³-hybridized carbons (Fsp3) is 0.267. The Morgan fingerprint density at radius 2 is 1.68 bits per heavy atom. The van der Waals surface area contributed by atoms with Crippen LogP contribution in [-0.4, -0.2) is 48.6 Å². The van der Waals surface area contributed by atoms with Gasteiger partial charge in [0.15, 0.2) is 0 Å². The number of hydrogen-bond donors (Lipinski definition) is 2. The largest absolute Gasteiger partial charge is 0.494 e. The van der Waals surface area contributed by atoms with Crippen LogP contribution in [0, 0.1) is 0 Å². The Morgan fingerprint density at radius 1 is 0.974 bits per heavy atom. The Balaban J connectivity index is 1.14. The second-order valence-electron chi connectivity index (χ2n) is 9.41. The molecule has 0 saturated carbocycles. The molecule has 1 aliphatic rings. The molecule has 38 heavy (non-hydrogen) atoms. The number of nitrogens with one attached hydrogen (secondary N) is 2. The molecule has 0 unspecified atom stereocenters. The standard InChI is InChI=1S/C30H31ClN4O3/c1-2-38-25-11-12-28-26(17-25)29(36)27(19-32-28)30(37)33-18-21-3-5-22(6-4-21)20-34-13-15-35(16-14-34)24-9-7-23(31)8-10-24/h3-12,17,19H,2,13-16,18,20H2,1H3,(H,32,36)(H,33,37). The van der Waals surface area contributed by atoms with E-state index in [-0.39, 0.29) is 11.0 Å². The zero-order valence-corrected chi connectivity index (χ0v) is 22.1. The normalized spacial score (nSPS) is 14.0. The molecule has 0 spiro atoms. The van der Waals surface area contributed by atoms with Gasteiger partial charge in [-0.25, -0.2) is 0 Å². The van der Waals surface area contributed by atoms with E-state index in [0.29, 0.717) is 29.8 Å². The van der Waals surface area contributed by atoms with Gasteiger partial charge >= 0.3 is 0 Å². The summed E-state index contributed by atoms with van der Waals surface area (Å²) in [7, 11) is 0. The number of anilines is 1. The number of benzene rings is 3. The van der Waals surface area contributed by atoms with Crippen LogP contribution in [0.25, 0.3) is 10.9 Å². The Morgan fingerprint density at radius 3 is 2.39 bits per heavy atom. The zero-order chi connectivity index (χ0) is 26.5. The molecule has 1 aliphatic heterocycles. The van der Waals surface area contributed by atoms with E-state index in [1.807, 2.05) is 31.2 Å². The molecule has 1 amide bonds. The van der Waals surface area contributed by atoms with Crippen molar-refractivity contribution >= 4 is 34.1 Å². The predicted octanol–water partition coefficient (Wildman–Crippen LogP) is 4.83. The maximum atomic E-state index is 12.9. The Kier molecular flexibility index (Phi) is 7.96. The van der Waals surface area contributed by atoms with Crippen LogP contribution in [0.2, 0.25) is 5.02 Å². The van der Waals surface area contributed by atoms with Crippen molar-refractivity contribution in [3.05, 3.63) is 105 Å². The molecule has 7 nitrogen and oxygen atoms in total. The highest BCUT2D eigenvalue weighted by atomic mass is 35.5. The third-order valence-corrected chi connectivity index (χ3v) is 7.11. The lowest BCUT2D eigenvalue weighted by Crippen LogP contribution is -2.45. The number of fused-ring (bicyclic) bond motifs is 1. The average Bonchev–Trinajstić information content (AvgIpc) is 2.94. The maximum absolute atomic E-state index is 12.9. The number of rotatable bonds is 8. The summed E-state index contributed by atoms with van der Waals surface area (Å²) in [6.07, 6.45) is 1.47. The molecule has 0 radical (unpaired) electrons. The molecule has 2 heterocycles. The number of aromatic nitrogens is 1. The van der Waals surface area contributed by atoms with Crippen LogP contribution in [0.5, 0.6) is 5.75 Å². The topological polar surface area (TPSA) is 77.7 Å². The molecule has 0 aliphatic carbocycles. The number of nitrogens with zero attached hydrogens (tertiary/aromatic N) is 2. The quantitative estimate of drug-likeness (QED) is 0.341. The van der Waals surface area contributed by atoms with Crippen LogP contribution in [-0.2, 0) is 13.1 Å². The van der Waals surface area contributed by atoms with E-state index in [9.17, 15) is 9.59 Å². The molecule has 2 N–H and O–H groups in total. The van der Waals surface area contributed by atoms with Gasteiger partial charge in [-0.1, -0.05) is 35.9 Å². The van der Waals surface area contributed by atoms with E-state index in [4.69, 9.17) is 16.3 Å². The summed E-state index contributed by atoms with van der Waals surface area (Å²) < 4.78 is 5.50. The van der Waals surface area contributed by atoms with Crippen LogP contribution in [0.3, 0.4) is 0 Å². The highest BCUT2D eigenvalue weighted by Crippen LogP contribution is 2.20. The van der Waals surface area contributed by atoms with Gasteiger partial charge in [-0.3, -0.25) is 14.5 Å². The monoisotopic (exact) mass is 530 g/mol. The lowest BCUT2D eigenvalue weighted by atomic mass is 10.1. The van der Waals surface area contributed by atoms with E-state index < -0.39 is 5.91 Å². The first-order valence-corrected chi connectivity index (χ1v) is 13.2. The first kappa shape index (κ1) is 25.8. The lowest BCUT2D eigenvalue weighted by molar-refractivity contribution is 0.0949. The average molecular weight is 531 g/mol. The summed E-state index contributed by atoms with van der Waals surface area (Å²) in [5.41, 5.74) is 3.85. The molecule has 8 heteroatoms. The van der Waals surface area contributed by atoms with Gasteiger partial charge in [0.25, 0.3) is 5.91 Å². The fourth-order valence-corrected chi connectivity index (χ4v) is 4.86. The number of piperazine rings is 1. The van der Waals surface area contributed by atoms with Crippen LogP contribution < -0.4 is 20.4 Å². The number of amides is 1. The fourth-order valence-electron chi connectivity index (χ4n) is 4.74. The zero-order valence-electron chi connectivity index (χ0n) is 21.4. The molecular formula is C30H31ClN4O3. The molecule has 1 aromatic heterocycles. The number of carbonyl (C=O) groups excluding carboxylic acids is 1. The highest BCUT2D eigenvalue weighted by Gasteiger charge is 2.18. The number of carbonyl (C=O) groups is 1. The summed E-state index contributed by atoms with van der Waals surface area (Å²) in [6.45, 7) is 7.56. The number of hydrogen-bond acceptors (Lipinski definition) is 5. The van der Waals surface area contributed by atoms with Gasteiger partial charge in [0.05, 0.1) is 6.61 Å².